The number of amides is 7. The van der Waals surface area contributed by atoms with E-state index in [2.05, 4.69) is 64.0 Å². The van der Waals surface area contributed by atoms with E-state index in [0.29, 0.717) is 15.6 Å². The predicted octanol–water partition coefficient (Wildman–Crippen LogP) is -2.82. The van der Waals surface area contributed by atoms with Crippen LogP contribution in [0.15, 0.2) is 66.7 Å². The fraction of sp³-hybridized carbons (Fsp3) is 0.578. The molecule has 94 heavy (non-hydrogen) atoms. The summed E-state index contributed by atoms with van der Waals surface area (Å²) in [6.45, 7) is 5.06. The van der Waals surface area contributed by atoms with Gasteiger partial charge in [-0.1, -0.05) is 49.3 Å². The number of aliphatic hydroxyl groups excluding tert-OH is 8. The number of methoxy groups -OCH3 is 1. The summed E-state index contributed by atoms with van der Waals surface area (Å²) in [5.74, 6) is -7.99. The average molecular weight is 1330 g/mol. The van der Waals surface area contributed by atoms with Crippen LogP contribution in [0.1, 0.15) is 74.7 Å². The van der Waals surface area contributed by atoms with Gasteiger partial charge in [-0.25, -0.2) is 0 Å². The van der Waals surface area contributed by atoms with Crippen molar-refractivity contribution in [1.82, 2.24) is 56.8 Å². The first-order valence-electron chi connectivity index (χ1n) is 32.1. The second kappa shape index (κ2) is 32.3. The Kier molecular flexibility index (Phi) is 24.3. The lowest BCUT2D eigenvalue weighted by Gasteiger charge is -2.37. The van der Waals surface area contributed by atoms with E-state index in [1.54, 1.807) is 12.1 Å². The van der Waals surface area contributed by atoms with Crippen molar-refractivity contribution in [3.63, 3.8) is 0 Å². The summed E-state index contributed by atoms with van der Waals surface area (Å²) in [4.78, 5) is 109. The topological polar surface area (TPSA) is 422 Å². The maximum atomic E-state index is 15.0. The molecule has 4 aliphatic heterocycles. The van der Waals surface area contributed by atoms with Crippen LogP contribution in [-0.4, -0.2) is 270 Å². The minimum absolute atomic E-state index is 0.0229. The number of piperazine rings is 1. The van der Waals surface area contributed by atoms with Gasteiger partial charge in [-0.3, -0.25) is 38.5 Å². The highest BCUT2D eigenvalue weighted by Crippen LogP contribution is 2.34. The fourth-order valence-corrected chi connectivity index (χ4v) is 13.8. The summed E-state index contributed by atoms with van der Waals surface area (Å²) in [5, 5.41) is 124. The number of β-amino-alcohol motifs (C(OH)–C–C–N with tert-alkyl or cyclic N) is 1. The highest BCUT2D eigenvalue weighted by molar-refractivity contribution is 7.17. The number of nitrogens with zero attached hydrogens (tertiary/aromatic N) is 6. The van der Waals surface area contributed by atoms with Crippen LogP contribution in [0.5, 0.6) is 11.5 Å². The highest BCUT2D eigenvalue weighted by Gasteiger charge is 2.50. The summed E-state index contributed by atoms with van der Waals surface area (Å²) in [5.41, 5.74) is 2.93. The number of hydrogen-bond donors (Lipinski definition) is 15. The van der Waals surface area contributed by atoms with E-state index in [1.807, 2.05) is 12.1 Å². The number of aliphatic hydroxyl groups is 8. The first-order valence-corrected chi connectivity index (χ1v) is 32.9. The van der Waals surface area contributed by atoms with Crippen LogP contribution in [0.4, 0.5) is 5.69 Å². The van der Waals surface area contributed by atoms with Gasteiger partial charge in [-0.15, -0.1) is 10.2 Å². The molecule has 3 aromatic carbocycles. The highest BCUT2D eigenvalue weighted by atomic mass is 32.1. The Morgan fingerprint density at radius 3 is 2.00 bits per heavy atom. The minimum atomic E-state index is -2.07. The average Bonchev–Trinajstić information content (AvgIpc) is 1.66. The van der Waals surface area contributed by atoms with Crippen molar-refractivity contribution in [1.29, 1.82) is 0 Å². The number of carbonyl (C=O) groups is 7. The lowest BCUT2D eigenvalue weighted by molar-refractivity contribution is -0.147. The minimum Gasteiger partial charge on any atom is -0.504 e. The Labute approximate surface area is 547 Å². The van der Waals surface area contributed by atoms with Crippen LogP contribution in [0.3, 0.4) is 0 Å². The van der Waals surface area contributed by atoms with Gasteiger partial charge in [0.25, 0.3) is 5.91 Å². The van der Waals surface area contributed by atoms with Crippen LogP contribution in [0, 0.1) is 11.8 Å². The fourth-order valence-electron chi connectivity index (χ4n) is 12.9. The lowest BCUT2D eigenvalue weighted by atomic mass is 9.98. The molecule has 5 aliphatic rings. The summed E-state index contributed by atoms with van der Waals surface area (Å²) >= 11 is 1.35. The SMILES string of the molecule is COc1cc(C[C@@H](O)[C@@H]2NC(=O)[C@@H]3C[C@@H](O)CN3C(=O)[C@H]([C@@H](C)O)NC(=O)C(NC(=O)c3ccc(-c4nnc(-c5ccc(N6CCN(CC7CCCC7)CC6)cc5)s4)cc3)C[C@@H](O)CNC(=O)[C@@H]3[C@@H](O)[C@@H](C)CN3C(=O)[C@H]([C@H](O)CCNC(CO)CO)NC2=O)ccc1O. The van der Waals surface area contributed by atoms with E-state index in [4.69, 9.17) is 4.74 Å². The van der Waals surface area contributed by atoms with Gasteiger partial charge in [-0.2, -0.15) is 0 Å². The van der Waals surface area contributed by atoms with Crippen LogP contribution in [0.25, 0.3) is 21.1 Å². The molecule has 1 unspecified atom stereocenters. The molecular formula is C64H88N12O17S. The molecule has 5 fully saturated rings. The predicted molar refractivity (Wildman–Crippen MR) is 342 cm³/mol. The van der Waals surface area contributed by atoms with E-state index >= 15 is 0 Å². The van der Waals surface area contributed by atoms with Crippen LogP contribution >= 0.6 is 11.3 Å². The van der Waals surface area contributed by atoms with Crippen molar-refractivity contribution < 1.29 is 84.3 Å². The Hall–Kier alpha value is -7.49. The molecule has 5 heterocycles. The Balaban J connectivity index is 0.964. The molecule has 29 nitrogen and oxygen atoms in total. The van der Waals surface area contributed by atoms with Gasteiger partial charge in [-0.05, 0) is 92.7 Å². The van der Waals surface area contributed by atoms with Crippen molar-refractivity contribution in [3.8, 4) is 32.6 Å². The zero-order valence-corrected chi connectivity index (χ0v) is 53.6. The van der Waals surface area contributed by atoms with Crippen molar-refractivity contribution in [2.75, 3.05) is 84.1 Å². The van der Waals surface area contributed by atoms with E-state index in [9.17, 15) is 79.5 Å². The summed E-state index contributed by atoms with van der Waals surface area (Å²) in [6, 6.07) is 6.41. The number of fused-ring (bicyclic) bond motifs is 2. The molecular weight excluding hydrogens is 1240 g/mol. The van der Waals surface area contributed by atoms with E-state index in [0.717, 1.165) is 60.1 Å². The Morgan fingerprint density at radius 2 is 1.36 bits per heavy atom. The summed E-state index contributed by atoms with van der Waals surface area (Å²) in [6.07, 6.45) is -6.82. The van der Waals surface area contributed by atoms with Gasteiger partial charge in [0.05, 0.1) is 63.0 Å². The third-order valence-corrected chi connectivity index (χ3v) is 19.4. The van der Waals surface area contributed by atoms with Gasteiger partial charge in [0.1, 0.15) is 46.3 Å². The Morgan fingerprint density at radius 1 is 0.734 bits per heavy atom. The molecule has 7 amide bonds. The normalized spacial score (nSPS) is 26.8. The van der Waals surface area contributed by atoms with Gasteiger partial charge in [0.15, 0.2) is 11.5 Å². The number of hydrogen-bond acceptors (Lipinski definition) is 23. The van der Waals surface area contributed by atoms with Crippen LogP contribution in [-0.2, 0) is 35.2 Å². The smallest absolute Gasteiger partial charge is 0.251 e. The third-order valence-electron chi connectivity index (χ3n) is 18.4. The molecule has 15 N–H and O–H groups in total. The number of ether oxygens (including phenoxy) is 1. The van der Waals surface area contributed by atoms with Crippen molar-refractivity contribution in [3.05, 3.63) is 77.9 Å². The molecule has 0 spiro atoms. The van der Waals surface area contributed by atoms with Gasteiger partial charge in [0, 0.05) is 99.9 Å². The molecule has 13 atom stereocenters. The van der Waals surface area contributed by atoms with E-state index in [1.165, 1.54) is 87.9 Å². The second-order valence-corrected chi connectivity index (χ2v) is 26.3. The molecule has 4 aromatic rings. The first-order chi connectivity index (χ1) is 45.0. The standard InChI is InChI=1S/C64H88N12O17S/c1-34-29-76-54(55(34)85)60(90)66-28-43(80)26-45(67-56(86)38-9-11-39(12-10-38)61-71-72-62(94-61)40-13-15-42(16-14-40)74-22-20-73(21-23-74)30-36-6-4-5-7-36)57(87)68-51(35(2)79)63(91)75-31-44(81)27-46(75)58(88)69-52(49(84)24-37-8-17-47(82)50(25-37)93-3)59(89)70-53(64(76)92)48(83)18-19-65-41(32-77)33-78/h8-17,25,34-36,41,43-46,48-49,51-55,65,77-85H,4-7,18-24,26-33H2,1-3H3,(H,66,90)(H,67,86)(H,68,87)(H,69,88)(H,70,89)/t34-,35+,43+,44+,45?,46-,48+,49+,51-,52-,53-,54-,55-/m0/s1. The maximum Gasteiger partial charge on any atom is 0.251 e. The van der Waals surface area contributed by atoms with Crippen molar-refractivity contribution in [2.24, 2.45) is 11.8 Å². The zero-order valence-electron chi connectivity index (χ0n) is 52.8. The Bertz CT molecular complexity index is 3260. The molecule has 1 aliphatic carbocycles. The van der Waals surface area contributed by atoms with Gasteiger partial charge < -0.3 is 97.3 Å². The van der Waals surface area contributed by atoms with Crippen LogP contribution < -0.4 is 41.5 Å². The number of phenols is 1. The van der Waals surface area contributed by atoms with Gasteiger partial charge >= 0.3 is 0 Å². The quantitative estimate of drug-likeness (QED) is 0.0450. The summed E-state index contributed by atoms with van der Waals surface area (Å²) in [7, 11) is 1.27. The lowest BCUT2D eigenvalue weighted by Crippen LogP contribution is -2.64. The molecule has 0 bridgehead atoms. The molecule has 30 heteroatoms. The van der Waals surface area contributed by atoms with E-state index in [-0.39, 0.29) is 42.1 Å². The number of aromatic hydroxyl groups is 1. The van der Waals surface area contributed by atoms with Crippen molar-refractivity contribution in [2.45, 2.75) is 144 Å². The largest absolute Gasteiger partial charge is 0.504 e. The summed E-state index contributed by atoms with van der Waals surface area (Å²) < 4.78 is 5.22. The van der Waals surface area contributed by atoms with Crippen molar-refractivity contribution >= 4 is 58.4 Å². The third kappa shape index (κ3) is 17.3. The monoisotopic (exact) mass is 1330 g/mol. The number of carbonyl (C=O) groups excluding carboxylic acids is 7. The molecule has 4 saturated heterocycles. The van der Waals surface area contributed by atoms with Gasteiger partial charge in [0.2, 0.25) is 35.4 Å². The maximum absolute atomic E-state index is 15.0. The molecule has 512 valence electrons. The number of aromatic nitrogens is 2. The molecule has 9 rings (SSSR count). The first kappa shape index (κ1) is 70.8. The molecule has 0 radical (unpaired) electrons. The zero-order chi connectivity index (χ0) is 67.5. The number of benzene rings is 3. The van der Waals surface area contributed by atoms with E-state index < -0.39 is 172 Å². The number of anilines is 1. The number of nitrogens with one attached hydrogen (secondary N) is 6. The number of rotatable bonds is 19. The van der Waals surface area contributed by atoms with Crippen LogP contribution in [0.2, 0.25) is 0 Å². The number of phenolic OH excluding ortho intramolecular Hbond substituents is 1. The second-order valence-electron chi connectivity index (χ2n) is 25.3. The molecule has 1 aromatic heterocycles. The molecule has 1 saturated carbocycles.